The monoisotopic (exact) mass is 240 g/mol. The van der Waals surface area contributed by atoms with Crippen LogP contribution in [0.2, 0.25) is 0 Å². The molecule has 0 fully saturated rings. The van der Waals surface area contributed by atoms with Gasteiger partial charge in [0.15, 0.2) is 0 Å². The first-order chi connectivity index (χ1) is 7.95. The Kier molecular flexibility index (Phi) is 3.86. The smallest absolute Gasteiger partial charge is 0.250 e. The highest BCUT2D eigenvalue weighted by molar-refractivity contribution is 5.99. The van der Waals surface area contributed by atoms with Gasteiger partial charge in [-0.15, -0.1) is 0 Å². The number of hydrogen-bond donors (Lipinski definition) is 4. The van der Waals surface area contributed by atoms with Crippen LogP contribution in [0.15, 0.2) is 12.1 Å². The molecule has 0 aliphatic rings. The fraction of sp³-hybridized carbons (Fsp3) is 0.200. The van der Waals surface area contributed by atoms with Gasteiger partial charge in [-0.2, -0.15) is 0 Å². The van der Waals surface area contributed by atoms with Crippen molar-refractivity contribution in [2.24, 2.45) is 5.73 Å². The number of amides is 2. The molecule has 6 nitrogen and oxygen atoms in total. The minimum Gasteiger partial charge on any atom is -0.398 e. The molecule has 0 saturated carbocycles. The molecule has 0 unspecified atom stereocenters. The van der Waals surface area contributed by atoms with Crippen molar-refractivity contribution in [2.45, 2.75) is 0 Å². The van der Waals surface area contributed by atoms with Crippen LogP contribution in [0.5, 0.6) is 0 Å². The topological polar surface area (TPSA) is 110 Å². The predicted molar refractivity (Wildman–Crippen MR) is 61.9 cm³/mol. The zero-order valence-electron chi connectivity index (χ0n) is 9.21. The molecule has 92 valence electrons. The summed E-state index contributed by atoms with van der Waals surface area (Å²) in [6.07, 6.45) is 0. The summed E-state index contributed by atoms with van der Waals surface area (Å²) in [6, 6.07) is 2.15. The Hall–Kier alpha value is -2.31. The van der Waals surface area contributed by atoms with E-state index in [1.54, 1.807) is 0 Å². The summed E-state index contributed by atoms with van der Waals surface area (Å²) in [6.45, 7) is -0.116. The van der Waals surface area contributed by atoms with Gasteiger partial charge in [0.2, 0.25) is 5.91 Å². The van der Waals surface area contributed by atoms with Crippen LogP contribution in [-0.4, -0.2) is 25.4 Å². The van der Waals surface area contributed by atoms with E-state index in [4.69, 9.17) is 11.5 Å². The lowest BCUT2D eigenvalue weighted by molar-refractivity contribution is -0.118. The number of anilines is 2. The molecule has 1 aromatic carbocycles. The molecule has 0 aliphatic heterocycles. The summed E-state index contributed by atoms with van der Waals surface area (Å²) in [5.41, 5.74) is 10.5. The molecule has 2 amide bonds. The summed E-state index contributed by atoms with van der Waals surface area (Å²) >= 11 is 0. The Morgan fingerprint density at radius 1 is 1.41 bits per heavy atom. The zero-order chi connectivity index (χ0) is 13.0. The van der Waals surface area contributed by atoms with E-state index in [1.807, 2.05) is 0 Å². The molecular weight excluding hydrogens is 227 g/mol. The summed E-state index contributed by atoms with van der Waals surface area (Å²) < 4.78 is 13.4. The molecule has 0 heterocycles. The lowest BCUT2D eigenvalue weighted by Crippen LogP contribution is -2.26. The van der Waals surface area contributed by atoms with Gasteiger partial charge >= 0.3 is 0 Å². The van der Waals surface area contributed by atoms with Crippen LogP contribution in [0.3, 0.4) is 0 Å². The van der Waals surface area contributed by atoms with E-state index >= 15 is 0 Å². The second-order valence-electron chi connectivity index (χ2n) is 3.31. The molecule has 1 rings (SSSR count). The molecule has 0 radical (unpaired) electrons. The second-order valence-corrected chi connectivity index (χ2v) is 3.31. The molecule has 6 N–H and O–H groups in total. The molecule has 17 heavy (non-hydrogen) atoms. The van der Waals surface area contributed by atoms with Crippen molar-refractivity contribution in [3.8, 4) is 0 Å². The maximum absolute atomic E-state index is 13.4. The zero-order valence-corrected chi connectivity index (χ0v) is 9.21. The molecule has 0 spiro atoms. The maximum Gasteiger partial charge on any atom is 0.250 e. The third kappa shape index (κ3) is 3.07. The number of primary amides is 1. The first-order valence-corrected chi connectivity index (χ1v) is 4.79. The highest BCUT2D eigenvalue weighted by Crippen LogP contribution is 2.21. The Morgan fingerprint density at radius 2 is 2.06 bits per heavy atom. The van der Waals surface area contributed by atoms with Crippen molar-refractivity contribution in [1.29, 1.82) is 0 Å². The Balaban J connectivity index is 2.96. The van der Waals surface area contributed by atoms with E-state index in [-0.39, 0.29) is 29.4 Å². The van der Waals surface area contributed by atoms with E-state index < -0.39 is 11.7 Å². The van der Waals surface area contributed by atoms with E-state index in [2.05, 4.69) is 10.6 Å². The third-order valence-electron chi connectivity index (χ3n) is 2.12. The van der Waals surface area contributed by atoms with E-state index in [1.165, 1.54) is 13.1 Å². The van der Waals surface area contributed by atoms with Crippen molar-refractivity contribution in [1.82, 2.24) is 5.32 Å². The lowest BCUT2D eigenvalue weighted by Gasteiger charge is -2.09. The summed E-state index contributed by atoms with van der Waals surface area (Å²) in [5, 5.41) is 4.90. The number of nitrogens with two attached hydrogens (primary N) is 2. The van der Waals surface area contributed by atoms with Crippen LogP contribution in [0.25, 0.3) is 0 Å². The second kappa shape index (κ2) is 5.15. The fourth-order valence-corrected chi connectivity index (χ4v) is 1.20. The number of carbonyl (C=O) groups is 2. The van der Waals surface area contributed by atoms with Gasteiger partial charge in [-0.25, -0.2) is 4.39 Å². The van der Waals surface area contributed by atoms with Crippen LogP contribution in [0, 0.1) is 5.82 Å². The van der Waals surface area contributed by atoms with Crippen LogP contribution >= 0.6 is 0 Å². The Morgan fingerprint density at radius 3 is 2.59 bits per heavy atom. The molecule has 0 aromatic heterocycles. The number of rotatable bonds is 4. The summed E-state index contributed by atoms with van der Waals surface area (Å²) in [4.78, 5) is 22.0. The first kappa shape index (κ1) is 12.8. The van der Waals surface area contributed by atoms with Crippen LogP contribution in [0.4, 0.5) is 15.8 Å². The SMILES string of the molecule is CNC(=O)CNc1cc(C(N)=O)c(N)cc1F. The molecule has 0 aliphatic carbocycles. The number of nitrogens with one attached hydrogen (secondary N) is 2. The molecule has 7 heteroatoms. The van der Waals surface area contributed by atoms with Gasteiger partial charge < -0.3 is 22.1 Å². The Bertz CT molecular complexity index is 462. The van der Waals surface area contributed by atoms with Crippen molar-refractivity contribution in [3.63, 3.8) is 0 Å². The van der Waals surface area contributed by atoms with Crippen molar-refractivity contribution in [3.05, 3.63) is 23.5 Å². The van der Waals surface area contributed by atoms with Crippen LogP contribution < -0.4 is 22.1 Å². The van der Waals surface area contributed by atoms with Crippen LogP contribution in [0.1, 0.15) is 10.4 Å². The van der Waals surface area contributed by atoms with Gasteiger partial charge in [0.25, 0.3) is 5.91 Å². The van der Waals surface area contributed by atoms with Gasteiger partial charge in [-0.3, -0.25) is 9.59 Å². The van der Waals surface area contributed by atoms with Gasteiger partial charge in [-0.05, 0) is 12.1 Å². The number of hydrogen-bond acceptors (Lipinski definition) is 4. The third-order valence-corrected chi connectivity index (χ3v) is 2.12. The summed E-state index contributed by atoms with van der Waals surface area (Å²) in [7, 11) is 1.46. The van der Waals surface area contributed by atoms with Crippen molar-refractivity contribution < 1.29 is 14.0 Å². The van der Waals surface area contributed by atoms with Gasteiger partial charge in [0, 0.05) is 12.7 Å². The minimum absolute atomic E-state index is 0.00315. The average molecular weight is 240 g/mol. The number of benzene rings is 1. The fourth-order valence-electron chi connectivity index (χ4n) is 1.20. The van der Waals surface area contributed by atoms with Crippen molar-refractivity contribution in [2.75, 3.05) is 24.6 Å². The van der Waals surface area contributed by atoms with E-state index in [0.717, 1.165) is 6.07 Å². The number of nitrogen functional groups attached to an aromatic ring is 1. The molecular formula is C10H13FN4O2. The van der Waals surface area contributed by atoms with Crippen molar-refractivity contribution >= 4 is 23.2 Å². The minimum atomic E-state index is -0.759. The maximum atomic E-state index is 13.4. The average Bonchev–Trinajstić information content (AvgIpc) is 2.26. The Labute approximate surface area is 97.2 Å². The van der Waals surface area contributed by atoms with E-state index in [9.17, 15) is 14.0 Å². The predicted octanol–water partition coefficient (Wildman–Crippen LogP) is -0.335. The highest BCUT2D eigenvalue weighted by atomic mass is 19.1. The van der Waals surface area contributed by atoms with Crippen LogP contribution in [-0.2, 0) is 4.79 Å². The first-order valence-electron chi connectivity index (χ1n) is 4.79. The highest BCUT2D eigenvalue weighted by Gasteiger charge is 2.12. The van der Waals surface area contributed by atoms with Gasteiger partial charge in [-0.1, -0.05) is 0 Å². The number of halogens is 1. The quantitative estimate of drug-likeness (QED) is 0.540. The number of carbonyl (C=O) groups excluding carboxylic acids is 2. The number of likely N-dealkylation sites (N-methyl/N-ethyl adjacent to an activating group) is 1. The van der Waals surface area contributed by atoms with E-state index in [0.29, 0.717) is 0 Å². The largest absolute Gasteiger partial charge is 0.398 e. The molecule has 0 saturated heterocycles. The van der Waals surface area contributed by atoms with Gasteiger partial charge in [0.1, 0.15) is 5.82 Å². The molecule has 1 aromatic rings. The molecule has 0 bridgehead atoms. The summed E-state index contributed by atoms with van der Waals surface area (Å²) in [5.74, 6) is -1.73. The molecule has 0 atom stereocenters. The lowest BCUT2D eigenvalue weighted by atomic mass is 10.1. The normalized spacial score (nSPS) is 9.76. The van der Waals surface area contributed by atoms with Gasteiger partial charge in [0.05, 0.1) is 17.8 Å². The standard InChI is InChI=1S/C10H13FN4O2/c1-14-9(16)4-15-8-2-5(10(13)17)7(12)3-6(8)11/h2-3,15H,4,12H2,1H3,(H2,13,17)(H,14,16).